The lowest BCUT2D eigenvalue weighted by molar-refractivity contribution is -0.0491. The van der Waals surface area contributed by atoms with Gasteiger partial charge in [0.2, 0.25) is 0 Å². The number of amides is 1. The summed E-state index contributed by atoms with van der Waals surface area (Å²) in [7, 11) is 1.64. The minimum atomic E-state index is -0.561. The summed E-state index contributed by atoms with van der Waals surface area (Å²) in [6.45, 7) is 4.67. The Balaban J connectivity index is 1.74. The molecule has 0 aromatic heterocycles. The molecule has 0 radical (unpaired) electrons. The molecule has 1 amide bonds. The van der Waals surface area contributed by atoms with E-state index in [9.17, 15) is 4.79 Å². The average Bonchev–Trinajstić information content (AvgIpc) is 2.62. The Morgan fingerprint density at radius 1 is 1.12 bits per heavy atom. The molecule has 0 N–H and O–H groups in total. The molecule has 2 aromatic carbocycles. The molecule has 4 heteroatoms. The lowest BCUT2D eigenvalue weighted by Gasteiger charge is -2.41. The fourth-order valence-corrected chi connectivity index (χ4v) is 3.14. The predicted molar refractivity (Wildman–Crippen MR) is 93.0 cm³/mol. The molecule has 3 rings (SSSR count). The first-order valence-corrected chi connectivity index (χ1v) is 8.22. The van der Waals surface area contributed by atoms with E-state index < -0.39 is 5.60 Å². The van der Waals surface area contributed by atoms with Crippen molar-refractivity contribution in [3.05, 3.63) is 65.7 Å². The summed E-state index contributed by atoms with van der Waals surface area (Å²) in [5.41, 5.74) is 1.54. The number of benzene rings is 2. The summed E-state index contributed by atoms with van der Waals surface area (Å²) < 4.78 is 11.0. The van der Waals surface area contributed by atoms with Gasteiger partial charge in [-0.1, -0.05) is 42.5 Å². The van der Waals surface area contributed by atoms with Gasteiger partial charge in [-0.3, -0.25) is 0 Å². The minimum absolute atomic E-state index is 0.0382. The van der Waals surface area contributed by atoms with Gasteiger partial charge in [-0.2, -0.15) is 0 Å². The Kier molecular flexibility index (Phi) is 4.47. The quantitative estimate of drug-likeness (QED) is 0.830. The zero-order chi connectivity index (χ0) is 17.2. The number of hydrogen-bond acceptors (Lipinski definition) is 3. The van der Waals surface area contributed by atoms with E-state index in [1.165, 1.54) is 0 Å². The lowest BCUT2D eigenvalue weighted by Crippen LogP contribution is -2.47. The van der Waals surface area contributed by atoms with Crippen LogP contribution in [0.25, 0.3) is 0 Å². The van der Waals surface area contributed by atoms with E-state index in [4.69, 9.17) is 9.47 Å². The van der Waals surface area contributed by atoms with Gasteiger partial charge in [0.1, 0.15) is 11.4 Å². The van der Waals surface area contributed by atoms with Gasteiger partial charge in [0.25, 0.3) is 0 Å². The largest absolute Gasteiger partial charge is 0.497 e. The highest BCUT2D eigenvalue weighted by molar-refractivity contribution is 5.70. The van der Waals surface area contributed by atoms with Crippen molar-refractivity contribution in [3.8, 4) is 5.75 Å². The van der Waals surface area contributed by atoms with E-state index in [-0.39, 0.29) is 12.1 Å². The number of ether oxygens (including phenoxy) is 2. The molecular formula is C20H23NO3. The summed E-state index contributed by atoms with van der Waals surface area (Å²) >= 11 is 0. The van der Waals surface area contributed by atoms with Gasteiger partial charge in [0, 0.05) is 13.0 Å². The van der Waals surface area contributed by atoms with E-state index in [1.807, 2.05) is 68.4 Å². The Morgan fingerprint density at radius 3 is 2.38 bits per heavy atom. The van der Waals surface area contributed by atoms with Crippen molar-refractivity contribution in [2.24, 2.45) is 0 Å². The number of methoxy groups -OCH3 is 1. The molecule has 1 saturated heterocycles. The van der Waals surface area contributed by atoms with Crippen LogP contribution in [0.4, 0.5) is 4.79 Å². The summed E-state index contributed by atoms with van der Waals surface area (Å²) in [4.78, 5) is 14.4. The van der Waals surface area contributed by atoms with Crippen molar-refractivity contribution in [1.29, 1.82) is 0 Å². The van der Waals surface area contributed by atoms with Gasteiger partial charge in [-0.15, -0.1) is 0 Å². The summed E-state index contributed by atoms with van der Waals surface area (Å²) in [6, 6.07) is 17.7. The average molecular weight is 325 g/mol. The second-order valence-electron chi connectivity index (χ2n) is 6.36. The number of hydrogen-bond donors (Lipinski definition) is 0. The topological polar surface area (TPSA) is 38.8 Å². The van der Waals surface area contributed by atoms with Crippen LogP contribution in [0.2, 0.25) is 0 Å². The number of rotatable bonds is 4. The zero-order valence-corrected chi connectivity index (χ0v) is 14.4. The van der Waals surface area contributed by atoms with Gasteiger partial charge < -0.3 is 14.4 Å². The molecular weight excluding hydrogens is 302 g/mol. The monoisotopic (exact) mass is 325 g/mol. The molecule has 0 saturated carbocycles. The van der Waals surface area contributed by atoms with Crippen LogP contribution < -0.4 is 4.74 Å². The van der Waals surface area contributed by atoms with Crippen molar-refractivity contribution < 1.29 is 14.3 Å². The summed E-state index contributed by atoms with van der Waals surface area (Å²) in [5, 5.41) is 0. The Hall–Kier alpha value is -2.49. The Labute approximate surface area is 143 Å². The highest BCUT2D eigenvalue weighted by Gasteiger charge is 2.39. The molecule has 0 unspecified atom stereocenters. The van der Waals surface area contributed by atoms with Crippen molar-refractivity contribution in [2.45, 2.75) is 31.9 Å². The van der Waals surface area contributed by atoms with Crippen molar-refractivity contribution in [3.63, 3.8) is 0 Å². The van der Waals surface area contributed by atoms with Crippen LogP contribution in [0.1, 0.15) is 37.4 Å². The van der Waals surface area contributed by atoms with E-state index in [1.54, 1.807) is 12.0 Å². The first-order chi connectivity index (χ1) is 11.5. The van der Waals surface area contributed by atoms with Gasteiger partial charge in [-0.05, 0) is 37.1 Å². The van der Waals surface area contributed by atoms with Crippen LogP contribution in [-0.2, 0) is 10.3 Å². The Morgan fingerprint density at radius 2 is 1.79 bits per heavy atom. The molecule has 2 aromatic rings. The predicted octanol–water partition coefficient (Wildman–Crippen LogP) is 4.51. The standard InChI is InChI=1S/C20H23NO3/c1-15(16-9-11-18(23-3)12-10-16)21-14-13-20(2,24-19(21)22)17-7-5-4-6-8-17/h4-12,15H,13-14H2,1-3H3/t15-,20-/m0/s1. The third kappa shape index (κ3) is 3.09. The summed E-state index contributed by atoms with van der Waals surface area (Å²) in [5.74, 6) is 0.809. The maximum Gasteiger partial charge on any atom is 0.411 e. The molecule has 4 nitrogen and oxygen atoms in total. The molecule has 24 heavy (non-hydrogen) atoms. The van der Waals surface area contributed by atoms with Crippen LogP contribution in [0.15, 0.2) is 54.6 Å². The molecule has 1 aliphatic heterocycles. The second kappa shape index (κ2) is 6.56. The maximum atomic E-state index is 12.6. The van der Waals surface area contributed by atoms with Gasteiger partial charge in [0.05, 0.1) is 13.2 Å². The highest BCUT2D eigenvalue weighted by atomic mass is 16.6. The first kappa shape index (κ1) is 16.4. The molecule has 0 aliphatic carbocycles. The molecule has 126 valence electrons. The van der Waals surface area contributed by atoms with E-state index in [2.05, 4.69) is 0 Å². The first-order valence-electron chi connectivity index (χ1n) is 8.22. The lowest BCUT2D eigenvalue weighted by atomic mass is 9.90. The van der Waals surface area contributed by atoms with Crippen LogP contribution in [0.3, 0.4) is 0 Å². The number of carbonyl (C=O) groups is 1. The molecule has 2 atom stereocenters. The van der Waals surface area contributed by atoms with Gasteiger partial charge in [-0.25, -0.2) is 4.79 Å². The maximum absolute atomic E-state index is 12.6. The van der Waals surface area contributed by atoms with Crippen LogP contribution >= 0.6 is 0 Å². The van der Waals surface area contributed by atoms with E-state index in [0.29, 0.717) is 6.54 Å². The van der Waals surface area contributed by atoms with E-state index >= 15 is 0 Å². The molecule has 1 heterocycles. The van der Waals surface area contributed by atoms with Crippen LogP contribution in [-0.4, -0.2) is 24.6 Å². The van der Waals surface area contributed by atoms with Crippen molar-refractivity contribution in [2.75, 3.05) is 13.7 Å². The zero-order valence-electron chi connectivity index (χ0n) is 14.4. The molecule has 1 fully saturated rings. The van der Waals surface area contributed by atoms with Crippen molar-refractivity contribution >= 4 is 6.09 Å². The minimum Gasteiger partial charge on any atom is -0.497 e. The number of nitrogens with zero attached hydrogens (tertiary/aromatic N) is 1. The van der Waals surface area contributed by atoms with E-state index in [0.717, 1.165) is 23.3 Å². The molecule has 0 bridgehead atoms. The third-order valence-corrected chi connectivity index (χ3v) is 4.83. The Bertz CT molecular complexity index is 699. The fraction of sp³-hybridized carbons (Fsp3) is 0.350. The highest BCUT2D eigenvalue weighted by Crippen LogP contribution is 2.36. The third-order valence-electron chi connectivity index (χ3n) is 4.83. The second-order valence-corrected chi connectivity index (χ2v) is 6.36. The normalized spacial score (nSPS) is 22.0. The number of carbonyl (C=O) groups excluding carboxylic acids is 1. The van der Waals surface area contributed by atoms with Crippen molar-refractivity contribution in [1.82, 2.24) is 4.90 Å². The summed E-state index contributed by atoms with van der Waals surface area (Å²) in [6.07, 6.45) is 0.499. The smallest absolute Gasteiger partial charge is 0.411 e. The fourth-order valence-electron chi connectivity index (χ4n) is 3.14. The number of cyclic esters (lactones) is 1. The van der Waals surface area contributed by atoms with Crippen LogP contribution in [0.5, 0.6) is 5.75 Å². The SMILES string of the molecule is COc1ccc([C@H](C)N2CC[C@@](C)(c3ccccc3)OC2=O)cc1. The van der Waals surface area contributed by atoms with Gasteiger partial charge >= 0.3 is 6.09 Å². The molecule has 0 spiro atoms. The van der Waals surface area contributed by atoms with Crippen LogP contribution in [0, 0.1) is 0 Å². The van der Waals surface area contributed by atoms with Gasteiger partial charge in [0.15, 0.2) is 0 Å². The molecule has 1 aliphatic rings.